The largest absolute Gasteiger partial charge is 0.370 e. The summed E-state index contributed by atoms with van der Waals surface area (Å²) in [5.74, 6) is 0.519. The summed E-state index contributed by atoms with van der Waals surface area (Å²) in [5, 5.41) is 0. The van der Waals surface area contributed by atoms with Gasteiger partial charge < -0.3 is 10.6 Å². The Hall–Kier alpha value is -2.29. The van der Waals surface area contributed by atoms with Gasteiger partial charge in [0.15, 0.2) is 5.96 Å². The Labute approximate surface area is 108 Å². The third-order valence-electron chi connectivity index (χ3n) is 2.76. The van der Waals surface area contributed by atoms with E-state index in [-0.39, 0.29) is 0 Å². The lowest BCUT2D eigenvalue weighted by atomic mass is 10.2. The first kappa shape index (κ1) is 12.2. The summed E-state index contributed by atoms with van der Waals surface area (Å²) in [5.41, 5.74) is 8.22. The molecule has 2 aromatic rings. The van der Waals surface area contributed by atoms with Crippen LogP contribution in [0.4, 0.5) is 5.69 Å². The van der Waals surface area contributed by atoms with Gasteiger partial charge in [-0.3, -0.25) is 4.99 Å². The molecule has 0 saturated carbocycles. The Balaban J connectivity index is 2.27. The molecule has 92 valence electrons. The third-order valence-corrected chi connectivity index (χ3v) is 2.76. The van der Waals surface area contributed by atoms with Crippen molar-refractivity contribution >= 4 is 11.6 Å². The minimum absolute atomic E-state index is 0.519. The first-order valence-electron chi connectivity index (χ1n) is 5.90. The van der Waals surface area contributed by atoms with Gasteiger partial charge >= 0.3 is 0 Å². The van der Waals surface area contributed by atoms with E-state index in [1.165, 1.54) is 5.56 Å². The molecule has 3 nitrogen and oxygen atoms in total. The molecule has 0 aliphatic carbocycles. The smallest absolute Gasteiger partial charge is 0.195 e. The summed E-state index contributed by atoms with van der Waals surface area (Å²) in [6.07, 6.45) is 0. The number of anilines is 1. The van der Waals surface area contributed by atoms with Crippen molar-refractivity contribution in [1.29, 1.82) is 0 Å². The van der Waals surface area contributed by atoms with Gasteiger partial charge in [0, 0.05) is 12.7 Å². The van der Waals surface area contributed by atoms with Crippen molar-refractivity contribution < 1.29 is 0 Å². The van der Waals surface area contributed by atoms with Crippen LogP contribution in [0.3, 0.4) is 0 Å². The SMILES string of the molecule is C/N=C(\N)N(Cc1ccccc1)c1ccccc1. The highest BCUT2D eigenvalue weighted by molar-refractivity contribution is 5.94. The van der Waals surface area contributed by atoms with E-state index in [2.05, 4.69) is 17.1 Å². The van der Waals surface area contributed by atoms with Gasteiger partial charge in [-0.15, -0.1) is 0 Å². The van der Waals surface area contributed by atoms with E-state index in [1.54, 1.807) is 7.05 Å². The van der Waals surface area contributed by atoms with Crippen LogP contribution < -0.4 is 10.6 Å². The molecule has 0 bridgehead atoms. The zero-order valence-corrected chi connectivity index (χ0v) is 10.5. The molecule has 0 radical (unpaired) electrons. The maximum absolute atomic E-state index is 5.97. The van der Waals surface area contributed by atoms with Crippen LogP contribution in [-0.2, 0) is 6.54 Å². The summed E-state index contributed by atoms with van der Waals surface area (Å²) in [6, 6.07) is 20.3. The lowest BCUT2D eigenvalue weighted by Crippen LogP contribution is -2.36. The van der Waals surface area contributed by atoms with Crippen LogP contribution in [0, 0.1) is 0 Å². The third kappa shape index (κ3) is 2.88. The maximum atomic E-state index is 5.97. The highest BCUT2D eigenvalue weighted by Gasteiger charge is 2.10. The normalized spacial score (nSPS) is 11.3. The van der Waals surface area contributed by atoms with E-state index in [9.17, 15) is 0 Å². The zero-order chi connectivity index (χ0) is 12.8. The number of benzene rings is 2. The minimum atomic E-state index is 0.519. The van der Waals surface area contributed by atoms with Crippen LogP contribution in [0.1, 0.15) is 5.56 Å². The Kier molecular flexibility index (Phi) is 3.97. The van der Waals surface area contributed by atoms with Crippen molar-refractivity contribution in [3.05, 3.63) is 66.2 Å². The van der Waals surface area contributed by atoms with Crippen molar-refractivity contribution in [1.82, 2.24) is 0 Å². The highest BCUT2D eigenvalue weighted by Crippen LogP contribution is 2.16. The number of nitrogens with zero attached hydrogens (tertiary/aromatic N) is 2. The van der Waals surface area contributed by atoms with Crippen molar-refractivity contribution in [3.63, 3.8) is 0 Å². The van der Waals surface area contributed by atoms with Crippen molar-refractivity contribution in [2.75, 3.05) is 11.9 Å². The molecule has 2 rings (SSSR count). The Morgan fingerprint density at radius 1 is 1.00 bits per heavy atom. The van der Waals surface area contributed by atoms with E-state index < -0.39 is 0 Å². The van der Waals surface area contributed by atoms with Crippen LogP contribution in [0.5, 0.6) is 0 Å². The molecule has 0 amide bonds. The van der Waals surface area contributed by atoms with E-state index in [0.29, 0.717) is 12.5 Å². The summed E-state index contributed by atoms with van der Waals surface area (Å²) >= 11 is 0. The number of hydrogen-bond acceptors (Lipinski definition) is 1. The minimum Gasteiger partial charge on any atom is -0.370 e. The standard InChI is InChI=1S/C15H17N3/c1-17-15(16)18(14-10-6-3-7-11-14)12-13-8-4-2-5-9-13/h2-11H,12H2,1H3,(H2,16,17). The zero-order valence-electron chi connectivity index (χ0n) is 10.5. The fraction of sp³-hybridized carbons (Fsp3) is 0.133. The molecule has 2 N–H and O–H groups in total. The van der Waals surface area contributed by atoms with E-state index >= 15 is 0 Å². The van der Waals surface area contributed by atoms with Crippen LogP contribution in [-0.4, -0.2) is 13.0 Å². The number of aliphatic imine (C=N–C) groups is 1. The number of hydrogen-bond donors (Lipinski definition) is 1. The summed E-state index contributed by atoms with van der Waals surface area (Å²) in [6.45, 7) is 0.716. The summed E-state index contributed by atoms with van der Waals surface area (Å²) < 4.78 is 0. The fourth-order valence-electron chi connectivity index (χ4n) is 1.80. The Morgan fingerprint density at radius 3 is 2.11 bits per heavy atom. The topological polar surface area (TPSA) is 41.6 Å². The van der Waals surface area contributed by atoms with Gasteiger partial charge in [0.25, 0.3) is 0 Å². The van der Waals surface area contributed by atoms with Gasteiger partial charge in [0.1, 0.15) is 0 Å². The first-order chi connectivity index (χ1) is 8.81. The predicted molar refractivity (Wildman–Crippen MR) is 76.6 cm³/mol. The average Bonchev–Trinajstić information content (AvgIpc) is 2.46. The predicted octanol–water partition coefficient (Wildman–Crippen LogP) is 2.64. The van der Waals surface area contributed by atoms with Crippen LogP contribution >= 0.6 is 0 Å². The maximum Gasteiger partial charge on any atom is 0.195 e. The molecule has 0 saturated heterocycles. The highest BCUT2D eigenvalue weighted by atomic mass is 15.2. The lowest BCUT2D eigenvalue weighted by Gasteiger charge is -2.23. The van der Waals surface area contributed by atoms with Gasteiger partial charge in [-0.1, -0.05) is 48.5 Å². The molecule has 2 aromatic carbocycles. The lowest BCUT2D eigenvalue weighted by molar-refractivity contribution is 0.989. The molecular formula is C15H17N3. The molecule has 18 heavy (non-hydrogen) atoms. The van der Waals surface area contributed by atoms with Gasteiger partial charge in [-0.2, -0.15) is 0 Å². The molecular weight excluding hydrogens is 222 g/mol. The molecule has 0 atom stereocenters. The summed E-state index contributed by atoms with van der Waals surface area (Å²) in [7, 11) is 1.70. The van der Waals surface area contributed by atoms with Crippen LogP contribution in [0.2, 0.25) is 0 Å². The molecule has 3 heteroatoms. The Bertz CT molecular complexity index is 506. The van der Waals surface area contributed by atoms with Crippen molar-refractivity contribution in [3.8, 4) is 0 Å². The Morgan fingerprint density at radius 2 is 1.56 bits per heavy atom. The quantitative estimate of drug-likeness (QED) is 0.661. The number of rotatable bonds is 3. The number of guanidine groups is 1. The molecule has 0 heterocycles. The summed E-state index contributed by atoms with van der Waals surface area (Å²) in [4.78, 5) is 6.08. The van der Waals surface area contributed by atoms with Crippen molar-refractivity contribution in [2.45, 2.75) is 6.54 Å². The number of nitrogens with two attached hydrogens (primary N) is 1. The molecule has 0 fully saturated rings. The second kappa shape index (κ2) is 5.87. The van der Waals surface area contributed by atoms with Gasteiger partial charge in [0.05, 0.1) is 6.54 Å². The molecule has 0 spiro atoms. The fourth-order valence-corrected chi connectivity index (χ4v) is 1.80. The van der Waals surface area contributed by atoms with Crippen LogP contribution in [0.15, 0.2) is 65.7 Å². The van der Waals surface area contributed by atoms with E-state index in [4.69, 9.17) is 5.73 Å². The first-order valence-corrected chi connectivity index (χ1v) is 5.90. The van der Waals surface area contributed by atoms with Gasteiger partial charge in [0.2, 0.25) is 0 Å². The molecule has 0 aliphatic heterocycles. The van der Waals surface area contributed by atoms with E-state index in [1.807, 2.05) is 53.4 Å². The molecule has 0 unspecified atom stereocenters. The van der Waals surface area contributed by atoms with Crippen molar-refractivity contribution in [2.24, 2.45) is 10.7 Å². The van der Waals surface area contributed by atoms with E-state index in [0.717, 1.165) is 5.69 Å². The average molecular weight is 239 g/mol. The second-order valence-corrected chi connectivity index (χ2v) is 3.99. The second-order valence-electron chi connectivity index (χ2n) is 3.99. The van der Waals surface area contributed by atoms with Crippen LogP contribution in [0.25, 0.3) is 0 Å². The molecule has 0 aromatic heterocycles. The number of para-hydroxylation sites is 1. The molecule has 0 aliphatic rings. The van der Waals surface area contributed by atoms with Gasteiger partial charge in [-0.25, -0.2) is 0 Å². The van der Waals surface area contributed by atoms with Gasteiger partial charge in [-0.05, 0) is 17.7 Å². The monoisotopic (exact) mass is 239 g/mol.